The third-order valence-electron chi connectivity index (χ3n) is 5.14. The molecule has 0 saturated carbocycles. The second-order valence-corrected chi connectivity index (χ2v) is 11.7. The Balaban J connectivity index is 1.82. The van der Waals surface area contributed by atoms with E-state index in [1.807, 2.05) is 36.4 Å². The van der Waals surface area contributed by atoms with E-state index >= 15 is 0 Å². The lowest BCUT2D eigenvalue weighted by Gasteiger charge is -2.18. The molecule has 0 aliphatic rings. The van der Waals surface area contributed by atoms with Crippen molar-refractivity contribution in [1.29, 1.82) is 0 Å². The molecule has 0 aliphatic heterocycles. The number of hydrogen-bond donors (Lipinski definition) is 1. The van der Waals surface area contributed by atoms with Crippen LogP contribution in [-0.4, -0.2) is 27.3 Å². The van der Waals surface area contributed by atoms with Gasteiger partial charge in [-0.1, -0.05) is 59.2 Å². The van der Waals surface area contributed by atoms with Crippen LogP contribution in [0.3, 0.4) is 0 Å². The van der Waals surface area contributed by atoms with Gasteiger partial charge in [-0.05, 0) is 59.2 Å². The Kier molecular flexibility index (Phi) is 8.16. The molecule has 1 aromatic heterocycles. The van der Waals surface area contributed by atoms with Gasteiger partial charge in [0.1, 0.15) is 17.4 Å². The maximum atomic E-state index is 12.4. The Morgan fingerprint density at radius 2 is 1.66 bits per heavy atom. The Morgan fingerprint density at radius 3 is 2.29 bits per heavy atom. The van der Waals surface area contributed by atoms with Gasteiger partial charge in [-0.2, -0.15) is 4.98 Å². The average molecular weight is 496 g/mol. The SMILES string of the molecule is CC(C)(C)COc1ccc(-c2nc(-c3cc(CCC(=O)CC(C)(C)C)ccc3Cl)[nH]c(=O)n2)cc1. The van der Waals surface area contributed by atoms with Crippen molar-refractivity contribution in [1.82, 2.24) is 15.0 Å². The largest absolute Gasteiger partial charge is 0.493 e. The van der Waals surface area contributed by atoms with Gasteiger partial charge in [0.05, 0.1) is 11.6 Å². The molecule has 0 unspecified atom stereocenters. The Labute approximate surface area is 212 Å². The Morgan fingerprint density at radius 1 is 0.971 bits per heavy atom. The summed E-state index contributed by atoms with van der Waals surface area (Å²) in [4.78, 5) is 36.0. The van der Waals surface area contributed by atoms with E-state index < -0.39 is 5.69 Å². The van der Waals surface area contributed by atoms with E-state index in [-0.39, 0.29) is 16.6 Å². The normalized spacial score (nSPS) is 12.0. The van der Waals surface area contributed by atoms with E-state index in [1.54, 1.807) is 6.07 Å². The molecule has 186 valence electrons. The quantitative estimate of drug-likeness (QED) is 0.384. The zero-order chi connectivity index (χ0) is 25.8. The number of Topliss-reactive ketones (excluding diaryl/α,β-unsaturated/α-hetero) is 1. The number of rotatable bonds is 8. The van der Waals surface area contributed by atoms with Gasteiger partial charge in [0, 0.05) is 24.0 Å². The molecule has 0 aliphatic carbocycles. The third kappa shape index (κ3) is 8.32. The fraction of sp³-hybridized carbons (Fsp3) is 0.429. The van der Waals surface area contributed by atoms with Crippen molar-refractivity contribution in [3.8, 4) is 28.5 Å². The summed E-state index contributed by atoms with van der Waals surface area (Å²) >= 11 is 6.46. The summed E-state index contributed by atoms with van der Waals surface area (Å²) in [5.41, 5.74) is 1.75. The van der Waals surface area contributed by atoms with E-state index in [9.17, 15) is 9.59 Å². The second kappa shape index (κ2) is 10.7. The molecule has 6 nitrogen and oxygen atoms in total. The fourth-order valence-corrected chi connectivity index (χ4v) is 3.72. The summed E-state index contributed by atoms with van der Waals surface area (Å²) in [7, 11) is 0. The first kappa shape index (κ1) is 26.6. The maximum Gasteiger partial charge on any atom is 0.348 e. The van der Waals surface area contributed by atoms with Crippen molar-refractivity contribution in [2.45, 2.75) is 60.8 Å². The number of aryl methyl sites for hydroxylation is 1. The van der Waals surface area contributed by atoms with Crippen LogP contribution < -0.4 is 10.4 Å². The van der Waals surface area contributed by atoms with Gasteiger partial charge in [-0.25, -0.2) is 9.78 Å². The number of ether oxygens (including phenoxy) is 1. The molecule has 3 rings (SSSR count). The van der Waals surface area contributed by atoms with Crippen LogP contribution in [-0.2, 0) is 11.2 Å². The number of nitrogens with zero attached hydrogens (tertiary/aromatic N) is 2. The van der Waals surface area contributed by atoms with E-state index in [2.05, 4.69) is 56.5 Å². The number of ketones is 1. The van der Waals surface area contributed by atoms with Gasteiger partial charge in [0.2, 0.25) is 0 Å². The summed E-state index contributed by atoms with van der Waals surface area (Å²) < 4.78 is 5.82. The van der Waals surface area contributed by atoms with Crippen LogP contribution >= 0.6 is 11.6 Å². The highest BCUT2D eigenvalue weighted by atomic mass is 35.5. The number of H-pyrrole nitrogens is 1. The highest BCUT2D eigenvalue weighted by Gasteiger charge is 2.17. The number of carbonyl (C=O) groups excluding carboxylic acids is 1. The molecule has 2 aromatic carbocycles. The molecule has 0 bridgehead atoms. The molecule has 1 N–H and O–H groups in total. The Hall–Kier alpha value is -2.99. The topological polar surface area (TPSA) is 84.9 Å². The molecule has 0 atom stereocenters. The predicted octanol–water partition coefficient (Wildman–Crippen LogP) is 6.52. The van der Waals surface area contributed by atoms with Gasteiger partial charge in [0.15, 0.2) is 5.82 Å². The molecule has 7 heteroatoms. The molecule has 0 fully saturated rings. The molecule has 0 radical (unpaired) electrons. The summed E-state index contributed by atoms with van der Waals surface area (Å²) in [5, 5.41) is 0.459. The monoisotopic (exact) mass is 495 g/mol. The minimum absolute atomic E-state index is 0.0317. The highest BCUT2D eigenvalue weighted by Crippen LogP contribution is 2.28. The molecular weight excluding hydrogens is 462 g/mol. The number of aromatic amines is 1. The van der Waals surface area contributed by atoms with Crippen LogP contribution in [0.15, 0.2) is 47.3 Å². The summed E-state index contributed by atoms with van der Waals surface area (Å²) in [6.45, 7) is 13.1. The smallest absolute Gasteiger partial charge is 0.348 e. The lowest BCUT2D eigenvalue weighted by molar-refractivity contribution is -0.120. The van der Waals surface area contributed by atoms with Crippen molar-refractivity contribution in [2.24, 2.45) is 10.8 Å². The first-order chi connectivity index (χ1) is 16.3. The van der Waals surface area contributed by atoms with Crippen molar-refractivity contribution in [3.63, 3.8) is 0 Å². The molecule has 35 heavy (non-hydrogen) atoms. The van der Waals surface area contributed by atoms with Crippen LogP contribution in [0.5, 0.6) is 5.75 Å². The minimum atomic E-state index is -0.514. The lowest BCUT2D eigenvalue weighted by atomic mass is 9.88. The Bertz CT molecular complexity index is 1240. The second-order valence-electron chi connectivity index (χ2n) is 11.3. The number of halogens is 1. The predicted molar refractivity (Wildman–Crippen MR) is 141 cm³/mol. The zero-order valence-electron chi connectivity index (χ0n) is 21.4. The van der Waals surface area contributed by atoms with Gasteiger partial charge in [-0.3, -0.25) is 9.78 Å². The molecule has 3 aromatic rings. The number of hydrogen-bond acceptors (Lipinski definition) is 5. The third-order valence-corrected chi connectivity index (χ3v) is 5.47. The molecule has 0 spiro atoms. The number of carbonyl (C=O) groups is 1. The first-order valence-electron chi connectivity index (χ1n) is 11.8. The molecule has 0 amide bonds. The van der Waals surface area contributed by atoms with Crippen molar-refractivity contribution in [2.75, 3.05) is 6.61 Å². The van der Waals surface area contributed by atoms with Crippen molar-refractivity contribution >= 4 is 17.4 Å². The van der Waals surface area contributed by atoms with Crippen LogP contribution in [0.1, 0.15) is 59.9 Å². The number of benzene rings is 2. The van der Waals surface area contributed by atoms with Crippen LogP contribution in [0, 0.1) is 10.8 Å². The number of aromatic nitrogens is 3. The van der Waals surface area contributed by atoms with E-state index in [0.717, 1.165) is 11.3 Å². The zero-order valence-corrected chi connectivity index (χ0v) is 22.1. The van der Waals surface area contributed by atoms with Crippen LogP contribution in [0.2, 0.25) is 5.02 Å². The fourth-order valence-electron chi connectivity index (χ4n) is 3.51. The van der Waals surface area contributed by atoms with E-state index in [0.29, 0.717) is 53.7 Å². The van der Waals surface area contributed by atoms with E-state index in [4.69, 9.17) is 16.3 Å². The van der Waals surface area contributed by atoms with Crippen LogP contribution in [0.25, 0.3) is 22.8 Å². The summed E-state index contributed by atoms with van der Waals surface area (Å²) in [5.74, 6) is 1.60. The van der Waals surface area contributed by atoms with Crippen molar-refractivity contribution < 1.29 is 9.53 Å². The van der Waals surface area contributed by atoms with Gasteiger partial charge in [0.25, 0.3) is 0 Å². The van der Waals surface area contributed by atoms with Crippen LogP contribution in [0.4, 0.5) is 0 Å². The lowest BCUT2D eigenvalue weighted by Crippen LogP contribution is -2.16. The molecular formula is C28H34ClN3O3. The van der Waals surface area contributed by atoms with Gasteiger partial charge < -0.3 is 4.74 Å². The van der Waals surface area contributed by atoms with Crippen molar-refractivity contribution in [3.05, 3.63) is 63.5 Å². The van der Waals surface area contributed by atoms with Gasteiger partial charge in [-0.15, -0.1) is 0 Å². The maximum absolute atomic E-state index is 12.4. The standard InChI is InChI=1S/C28H34ClN3O3/c1-27(2,3)16-20(33)11-7-18-8-14-23(29)22(15-18)25-30-24(31-26(34)32-25)19-9-12-21(13-10-19)35-17-28(4,5)6/h8-10,12-15H,7,11,16-17H2,1-6H3,(H,30,31,32,34). The molecule has 1 heterocycles. The average Bonchev–Trinajstić information content (AvgIpc) is 2.75. The minimum Gasteiger partial charge on any atom is -0.493 e. The van der Waals surface area contributed by atoms with Gasteiger partial charge >= 0.3 is 5.69 Å². The summed E-state index contributed by atoms with van der Waals surface area (Å²) in [6.07, 6.45) is 1.58. The number of nitrogens with one attached hydrogen (secondary N) is 1. The first-order valence-corrected chi connectivity index (χ1v) is 12.2. The molecule has 0 saturated heterocycles. The summed E-state index contributed by atoms with van der Waals surface area (Å²) in [6, 6.07) is 12.9. The highest BCUT2D eigenvalue weighted by molar-refractivity contribution is 6.33. The van der Waals surface area contributed by atoms with E-state index in [1.165, 1.54) is 0 Å².